The number of hydrogen-bond donors (Lipinski definition) is 2. The van der Waals surface area contributed by atoms with E-state index in [0.717, 1.165) is 12.0 Å². The van der Waals surface area contributed by atoms with Crippen LogP contribution in [-0.2, 0) is 20.7 Å². The number of carbonyl (C=O) groups is 2. The first-order chi connectivity index (χ1) is 14.4. The predicted octanol–water partition coefficient (Wildman–Crippen LogP) is 5.00. The van der Waals surface area contributed by atoms with Crippen molar-refractivity contribution in [2.45, 2.75) is 65.7 Å². The van der Waals surface area contributed by atoms with Crippen LogP contribution >= 0.6 is 0 Å². The highest BCUT2D eigenvalue weighted by atomic mass is 16.6. The second kappa shape index (κ2) is 12.3. The van der Waals surface area contributed by atoms with Crippen molar-refractivity contribution in [3.05, 3.63) is 59.7 Å². The number of allylic oxidation sites excluding steroid dienone is 2. The predicted molar refractivity (Wildman–Crippen MR) is 123 cm³/mol. The molecule has 1 aromatic carbocycles. The van der Waals surface area contributed by atoms with Crippen LogP contribution in [0.25, 0.3) is 0 Å². The van der Waals surface area contributed by atoms with Gasteiger partial charge in [-0.25, -0.2) is 4.79 Å². The third-order valence-electron chi connectivity index (χ3n) is 4.87. The SMILES string of the molecule is CO[C@H](Cc1ccccc1)[C@H](C)/C=C(C)/C=C/[C@@H](NC(=O)OC(C)(C)C)[C@@H](C)C(=O)O. The Kier molecular flexibility index (Phi) is 10.5. The molecule has 1 aromatic rings. The molecule has 0 saturated heterocycles. The summed E-state index contributed by atoms with van der Waals surface area (Å²) in [5.41, 5.74) is 1.50. The number of amides is 1. The lowest BCUT2D eigenvalue weighted by molar-refractivity contribution is -0.141. The van der Waals surface area contributed by atoms with Gasteiger partial charge in [-0.1, -0.05) is 61.1 Å². The summed E-state index contributed by atoms with van der Waals surface area (Å²) in [6, 6.07) is 9.47. The fraction of sp³-hybridized carbons (Fsp3) is 0.520. The Morgan fingerprint density at radius 3 is 2.29 bits per heavy atom. The van der Waals surface area contributed by atoms with Gasteiger partial charge in [0.15, 0.2) is 0 Å². The summed E-state index contributed by atoms with van der Waals surface area (Å²) < 4.78 is 11.0. The molecule has 0 bridgehead atoms. The van der Waals surface area contributed by atoms with Crippen molar-refractivity contribution in [1.82, 2.24) is 5.32 Å². The molecule has 0 aromatic heterocycles. The summed E-state index contributed by atoms with van der Waals surface area (Å²) in [6.07, 6.45) is 5.77. The van der Waals surface area contributed by atoms with Crippen LogP contribution in [0.4, 0.5) is 4.79 Å². The van der Waals surface area contributed by atoms with Crippen LogP contribution in [-0.4, -0.2) is 42.0 Å². The lowest BCUT2D eigenvalue weighted by atomic mass is 9.95. The summed E-state index contributed by atoms with van der Waals surface area (Å²) in [5, 5.41) is 12.0. The third-order valence-corrected chi connectivity index (χ3v) is 4.87. The minimum absolute atomic E-state index is 0.0133. The standard InChI is InChI=1S/C25H37NO5/c1-17(15-18(2)22(30-7)16-20-11-9-8-10-12-20)13-14-21(19(3)23(27)28)26-24(29)31-25(4,5)6/h8-15,18-19,21-22H,16H2,1-7H3,(H,26,29)(H,27,28)/b14-13+,17-15+/t18-,19-,21-,22-/m1/s1. The van der Waals surface area contributed by atoms with Gasteiger partial charge in [0.25, 0.3) is 0 Å². The highest BCUT2D eigenvalue weighted by Crippen LogP contribution is 2.17. The van der Waals surface area contributed by atoms with Gasteiger partial charge in [-0.15, -0.1) is 0 Å². The summed E-state index contributed by atoms with van der Waals surface area (Å²) in [6.45, 7) is 10.9. The van der Waals surface area contributed by atoms with Gasteiger partial charge in [-0.05, 0) is 46.6 Å². The monoisotopic (exact) mass is 431 g/mol. The van der Waals surface area contributed by atoms with Crippen LogP contribution in [0.5, 0.6) is 0 Å². The number of carbonyl (C=O) groups excluding carboxylic acids is 1. The number of carboxylic acids is 1. The second-order valence-corrected chi connectivity index (χ2v) is 8.89. The van der Waals surface area contributed by atoms with Gasteiger partial charge in [-0.2, -0.15) is 0 Å². The number of hydrogen-bond acceptors (Lipinski definition) is 4. The van der Waals surface area contributed by atoms with E-state index in [4.69, 9.17) is 9.47 Å². The Morgan fingerprint density at radius 2 is 1.77 bits per heavy atom. The molecular formula is C25H37NO5. The molecule has 6 nitrogen and oxygen atoms in total. The van der Waals surface area contributed by atoms with Gasteiger partial charge >= 0.3 is 12.1 Å². The first-order valence-electron chi connectivity index (χ1n) is 10.6. The average Bonchev–Trinajstić information content (AvgIpc) is 2.67. The van der Waals surface area contributed by atoms with Crippen LogP contribution in [0.3, 0.4) is 0 Å². The highest BCUT2D eigenvalue weighted by molar-refractivity contribution is 5.74. The molecule has 172 valence electrons. The van der Waals surface area contributed by atoms with Crippen molar-refractivity contribution >= 4 is 12.1 Å². The molecule has 0 unspecified atom stereocenters. The van der Waals surface area contributed by atoms with Gasteiger partial charge in [0, 0.05) is 13.0 Å². The molecule has 1 rings (SSSR count). The maximum atomic E-state index is 12.1. The molecule has 0 heterocycles. The van der Waals surface area contributed by atoms with Crippen LogP contribution in [0.15, 0.2) is 54.1 Å². The Labute approximate surface area is 186 Å². The van der Waals surface area contributed by atoms with Crippen LogP contribution < -0.4 is 5.32 Å². The number of alkyl carbamates (subject to hydrolysis) is 1. The summed E-state index contributed by atoms with van der Waals surface area (Å²) >= 11 is 0. The fourth-order valence-electron chi connectivity index (χ4n) is 3.10. The van der Waals surface area contributed by atoms with Gasteiger partial charge in [0.2, 0.25) is 0 Å². The zero-order valence-electron chi connectivity index (χ0n) is 19.7. The van der Waals surface area contributed by atoms with E-state index in [2.05, 4.69) is 30.4 Å². The maximum Gasteiger partial charge on any atom is 0.408 e. The van der Waals surface area contributed by atoms with Crippen molar-refractivity contribution in [1.29, 1.82) is 0 Å². The Balaban J connectivity index is 2.88. The van der Waals surface area contributed by atoms with Crippen LogP contribution in [0.1, 0.15) is 47.1 Å². The number of benzene rings is 1. The Bertz CT molecular complexity index is 764. The number of methoxy groups -OCH3 is 1. The molecule has 1 amide bonds. The van der Waals surface area contributed by atoms with E-state index in [9.17, 15) is 14.7 Å². The zero-order valence-corrected chi connectivity index (χ0v) is 19.7. The maximum absolute atomic E-state index is 12.1. The summed E-state index contributed by atoms with van der Waals surface area (Å²) in [7, 11) is 1.71. The van der Waals surface area contributed by atoms with Crippen LogP contribution in [0.2, 0.25) is 0 Å². The first-order valence-corrected chi connectivity index (χ1v) is 10.6. The van der Waals surface area contributed by atoms with E-state index in [-0.39, 0.29) is 12.0 Å². The number of carboxylic acid groups (broad SMARTS) is 1. The molecular weight excluding hydrogens is 394 g/mol. The van der Waals surface area contributed by atoms with Crippen molar-refractivity contribution < 1.29 is 24.2 Å². The normalized spacial score (nSPS) is 16.4. The smallest absolute Gasteiger partial charge is 0.408 e. The Morgan fingerprint density at radius 1 is 1.16 bits per heavy atom. The molecule has 4 atom stereocenters. The van der Waals surface area contributed by atoms with Crippen molar-refractivity contribution in [2.24, 2.45) is 11.8 Å². The van der Waals surface area contributed by atoms with Crippen LogP contribution in [0, 0.1) is 11.8 Å². The molecule has 0 radical (unpaired) electrons. The van der Waals surface area contributed by atoms with Gasteiger partial charge in [0.1, 0.15) is 5.60 Å². The Hall–Kier alpha value is -2.60. The number of ether oxygens (including phenoxy) is 2. The average molecular weight is 432 g/mol. The molecule has 0 saturated carbocycles. The molecule has 0 fully saturated rings. The summed E-state index contributed by atoms with van der Waals surface area (Å²) in [5.74, 6) is -1.66. The van der Waals surface area contributed by atoms with Gasteiger partial charge in [-0.3, -0.25) is 4.79 Å². The molecule has 2 N–H and O–H groups in total. The van der Waals surface area contributed by atoms with Gasteiger partial charge in [0.05, 0.1) is 18.1 Å². The van der Waals surface area contributed by atoms with Crippen molar-refractivity contribution in [2.75, 3.05) is 7.11 Å². The van der Waals surface area contributed by atoms with E-state index in [1.54, 1.807) is 40.9 Å². The minimum Gasteiger partial charge on any atom is -0.481 e. The largest absolute Gasteiger partial charge is 0.481 e. The van der Waals surface area contributed by atoms with Gasteiger partial charge < -0.3 is 19.9 Å². The van der Waals surface area contributed by atoms with E-state index in [0.29, 0.717) is 0 Å². The molecule has 0 aliphatic rings. The quantitative estimate of drug-likeness (QED) is 0.510. The topological polar surface area (TPSA) is 84.9 Å². The molecule has 0 aliphatic carbocycles. The first kappa shape index (κ1) is 26.4. The molecule has 31 heavy (non-hydrogen) atoms. The molecule has 0 aliphatic heterocycles. The lowest BCUT2D eigenvalue weighted by Crippen LogP contribution is -2.43. The van der Waals surface area contributed by atoms with Crippen molar-refractivity contribution in [3.63, 3.8) is 0 Å². The van der Waals surface area contributed by atoms with Crippen molar-refractivity contribution in [3.8, 4) is 0 Å². The number of rotatable bonds is 10. The fourth-order valence-corrected chi connectivity index (χ4v) is 3.10. The highest BCUT2D eigenvalue weighted by Gasteiger charge is 2.25. The second-order valence-electron chi connectivity index (χ2n) is 8.89. The molecule has 0 spiro atoms. The third kappa shape index (κ3) is 10.3. The molecule has 6 heteroatoms. The summed E-state index contributed by atoms with van der Waals surface area (Å²) in [4.78, 5) is 23.6. The number of nitrogens with one attached hydrogen (secondary N) is 1. The minimum atomic E-state index is -0.997. The van der Waals surface area contributed by atoms with E-state index in [1.807, 2.05) is 31.2 Å². The zero-order chi connectivity index (χ0) is 23.6. The van der Waals surface area contributed by atoms with E-state index < -0.39 is 29.6 Å². The lowest BCUT2D eigenvalue weighted by Gasteiger charge is -2.24. The van der Waals surface area contributed by atoms with E-state index >= 15 is 0 Å². The number of aliphatic carboxylic acids is 1. The van der Waals surface area contributed by atoms with E-state index in [1.165, 1.54) is 5.56 Å².